The first-order valence-electron chi connectivity index (χ1n) is 6.70. The van der Waals surface area contributed by atoms with Gasteiger partial charge in [-0.2, -0.15) is 0 Å². The fourth-order valence-corrected chi connectivity index (χ4v) is 2.40. The molecule has 5 nitrogen and oxygen atoms in total. The number of halogens is 1. The fraction of sp³-hybridized carbons (Fsp3) is 0.188. The van der Waals surface area contributed by atoms with Crippen molar-refractivity contribution < 1.29 is 9.59 Å². The van der Waals surface area contributed by atoms with Crippen molar-refractivity contribution in [2.45, 2.75) is 6.92 Å². The average molecular weight is 362 g/mol. The minimum absolute atomic E-state index is 0.0368. The van der Waals surface area contributed by atoms with Crippen LogP contribution in [-0.4, -0.2) is 35.3 Å². The Morgan fingerprint density at radius 3 is 2.68 bits per heavy atom. The van der Waals surface area contributed by atoms with E-state index in [1.54, 1.807) is 31.4 Å². The standard InChI is InChI=1S/C16H16BrN3O2/c1-11-9-12(17)6-7-13(11)19-15(21)10-20(2)16(22)14-5-3-4-8-18-14/h3-9H,10H2,1-2H3,(H,19,21). The molecule has 1 aromatic carbocycles. The summed E-state index contributed by atoms with van der Waals surface area (Å²) in [6, 6.07) is 10.7. The van der Waals surface area contributed by atoms with Crippen LogP contribution >= 0.6 is 15.9 Å². The summed E-state index contributed by atoms with van der Waals surface area (Å²) in [4.78, 5) is 29.5. The number of hydrogen-bond donors (Lipinski definition) is 1. The Labute approximate surface area is 137 Å². The molecule has 1 aromatic heterocycles. The molecule has 2 aromatic rings. The SMILES string of the molecule is Cc1cc(Br)ccc1NC(=O)CN(C)C(=O)c1ccccn1. The van der Waals surface area contributed by atoms with Crippen LogP contribution in [0.3, 0.4) is 0 Å². The van der Waals surface area contributed by atoms with E-state index in [-0.39, 0.29) is 18.4 Å². The summed E-state index contributed by atoms with van der Waals surface area (Å²) in [5.41, 5.74) is 1.99. The Kier molecular flexibility index (Phi) is 5.27. The third-order valence-electron chi connectivity index (χ3n) is 3.07. The number of hydrogen-bond acceptors (Lipinski definition) is 3. The van der Waals surface area contributed by atoms with Crippen molar-refractivity contribution in [2.24, 2.45) is 0 Å². The molecule has 0 aliphatic carbocycles. The molecule has 1 heterocycles. The first-order valence-corrected chi connectivity index (χ1v) is 7.49. The number of anilines is 1. The summed E-state index contributed by atoms with van der Waals surface area (Å²) in [6.07, 6.45) is 1.55. The molecule has 0 fully saturated rings. The molecule has 0 radical (unpaired) electrons. The van der Waals surface area contributed by atoms with E-state index >= 15 is 0 Å². The number of carbonyl (C=O) groups excluding carboxylic acids is 2. The molecule has 0 aliphatic heterocycles. The average Bonchev–Trinajstić information content (AvgIpc) is 2.50. The highest BCUT2D eigenvalue weighted by Crippen LogP contribution is 2.19. The van der Waals surface area contributed by atoms with E-state index < -0.39 is 0 Å². The number of likely N-dealkylation sites (N-methyl/N-ethyl adjacent to an activating group) is 1. The van der Waals surface area contributed by atoms with Crippen LogP contribution < -0.4 is 5.32 Å². The molecule has 0 saturated heterocycles. The minimum atomic E-state index is -0.289. The summed E-state index contributed by atoms with van der Waals surface area (Å²) >= 11 is 3.38. The predicted octanol–water partition coefficient (Wildman–Crippen LogP) is 2.86. The summed E-state index contributed by atoms with van der Waals surface area (Å²) < 4.78 is 0.949. The van der Waals surface area contributed by atoms with Gasteiger partial charge in [-0.1, -0.05) is 22.0 Å². The molecule has 22 heavy (non-hydrogen) atoms. The zero-order valence-corrected chi connectivity index (χ0v) is 13.9. The Morgan fingerprint density at radius 1 is 1.27 bits per heavy atom. The molecule has 2 rings (SSSR count). The molecular weight excluding hydrogens is 346 g/mol. The van der Waals surface area contributed by atoms with Crippen LogP contribution in [0, 0.1) is 6.92 Å². The molecule has 6 heteroatoms. The molecule has 0 atom stereocenters. The van der Waals surface area contributed by atoms with Gasteiger partial charge >= 0.3 is 0 Å². The van der Waals surface area contributed by atoms with Gasteiger partial charge in [-0.25, -0.2) is 0 Å². The van der Waals surface area contributed by atoms with Crippen molar-refractivity contribution in [3.05, 3.63) is 58.3 Å². The molecular formula is C16H16BrN3O2. The van der Waals surface area contributed by atoms with E-state index in [0.29, 0.717) is 5.69 Å². The van der Waals surface area contributed by atoms with Gasteiger partial charge in [-0.15, -0.1) is 0 Å². The van der Waals surface area contributed by atoms with Crippen molar-refractivity contribution in [3.8, 4) is 0 Å². The maximum Gasteiger partial charge on any atom is 0.272 e. The van der Waals surface area contributed by atoms with Gasteiger partial charge < -0.3 is 10.2 Å². The van der Waals surface area contributed by atoms with Gasteiger partial charge in [-0.3, -0.25) is 14.6 Å². The molecule has 114 valence electrons. The summed E-state index contributed by atoms with van der Waals surface area (Å²) in [5, 5.41) is 2.80. The van der Waals surface area contributed by atoms with Gasteiger partial charge in [0.05, 0.1) is 6.54 Å². The van der Waals surface area contributed by atoms with Gasteiger partial charge in [0.1, 0.15) is 5.69 Å². The van der Waals surface area contributed by atoms with Crippen LogP contribution in [0.4, 0.5) is 5.69 Å². The Balaban J connectivity index is 1.98. The molecule has 1 N–H and O–H groups in total. The van der Waals surface area contributed by atoms with Gasteiger partial charge in [0, 0.05) is 23.4 Å². The number of benzene rings is 1. The number of pyridine rings is 1. The number of nitrogens with one attached hydrogen (secondary N) is 1. The van der Waals surface area contributed by atoms with E-state index in [4.69, 9.17) is 0 Å². The van der Waals surface area contributed by atoms with Crippen LogP contribution in [0.15, 0.2) is 47.1 Å². The van der Waals surface area contributed by atoms with E-state index in [0.717, 1.165) is 15.7 Å². The molecule has 0 bridgehead atoms. The maximum atomic E-state index is 12.1. The zero-order chi connectivity index (χ0) is 16.1. The lowest BCUT2D eigenvalue weighted by atomic mass is 10.2. The second-order valence-corrected chi connectivity index (χ2v) is 5.80. The second-order valence-electron chi connectivity index (χ2n) is 4.88. The van der Waals surface area contributed by atoms with Crippen LogP contribution in [0.25, 0.3) is 0 Å². The third-order valence-corrected chi connectivity index (χ3v) is 3.57. The fourth-order valence-electron chi connectivity index (χ4n) is 1.93. The Morgan fingerprint density at radius 2 is 2.05 bits per heavy atom. The number of carbonyl (C=O) groups is 2. The van der Waals surface area contributed by atoms with E-state index in [9.17, 15) is 9.59 Å². The highest BCUT2D eigenvalue weighted by atomic mass is 79.9. The summed E-state index contributed by atoms with van der Waals surface area (Å²) in [6.45, 7) is 1.87. The van der Waals surface area contributed by atoms with Gasteiger partial charge in [0.25, 0.3) is 5.91 Å². The number of nitrogens with zero attached hydrogens (tertiary/aromatic N) is 2. The van der Waals surface area contributed by atoms with E-state index in [1.165, 1.54) is 4.90 Å². The lowest BCUT2D eigenvalue weighted by Gasteiger charge is -2.17. The summed E-state index contributed by atoms with van der Waals surface area (Å²) in [7, 11) is 1.57. The van der Waals surface area contributed by atoms with Crippen molar-refractivity contribution in [2.75, 3.05) is 18.9 Å². The van der Waals surface area contributed by atoms with Crippen LogP contribution in [-0.2, 0) is 4.79 Å². The topological polar surface area (TPSA) is 62.3 Å². The first kappa shape index (κ1) is 16.2. The first-order chi connectivity index (χ1) is 10.5. The molecule has 2 amide bonds. The monoisotopic (exact) mass is 361 g/mol. The van der Waals surface area contributed by atoms with Crippen LogP contribution in [0.5, 0.6) is 0 Å². The normalized spacial score (nSPS) is 10.1. The zero-order valence-electron chi connectivity index (χ0n) is 12.3. The maximum absolute atomic E-state index is 12.1. The largest absolute Gasteiger partial charge is 0.331 e. The Bertz CT molecular complexity index is 689. The number of aryl methyl sites for hydroxylation is 1. The van der Waals surface area contributed by atoms with Crippen molar-refractivity contribution in [1.82, 2.24) is 9.88 Å². The molecule has 0 spiro atoms. The predicted molar refractivity (Wildman–Crippen MR) is 88.7 cm³/mol. The van der Waals surface area contributed by atoms with Gasteiger partial charge in [0.2, 0.25) is 5.91 Å². The number of amides is 2. The van der Waals surface area contributed by atoms with Crippen molar-refractivity contribution in [3.63, 3.8) is 0 Å². The minimum Gasteiger partial charge on any atom is -0.331 e. The van der Waals surface area contributed by atoms with E-state index in [1.807, 2.05) is 25.1 Å². The lowest BCUT2D eigenvalue weighted by Crippen LogP contribution is -2.35. The van der Waals surface area contributed by atoms with Crippen LogP contribution in [0.2, 0.25) is 0 Å². The highest BCUT2D eigenvalue weighted by molar-refractivity contribution is 9.10. The number of aromatic nitrogens is 1. The van der Waals surface area contributed by atoms with E-state index in [2.05, 4.69) is 26.2 Å². The second kappa shape index (κ2) is 7.17. The van der Waals surface area contributed by atoms with Gasteiger partial charge in [-0.05, 0) is 42.8 Å². The van der Waals surface area contributed by atoms with Crippen LogP contribution in [0.1, 0.15) is 16.1 Å². The smallest absolute Gasteiger partial charge is 0.272 e. The molecule has 0 saturated carbocycles. The molecule has 0 aliphatic rings. The lowest BCUT2D eigenvalue weighted by molar-refractivity contribution is -0.116. The summed E-state index contributed by atoms with van der Waals surface area (Å²) in [5.74, 6) is -0.541. The quantitative estimate of drug-likeness (QED) is 0.910. The van der Waals surface area contributed by atoms with Gasteiger partial charge in [0.15, 0.2) is 0 Å². The Hall–Kier alpha value is -2.21. The third kappa shape index (κ3) is 4.14. The highest BCUT2D eigenvalue weighted by Gasteiger charge is 2.16. The number of rotatable bonds is 4. The van der Waals surface area contributed by atoms with Crippen molar-refractivity contribution >= 4 is 33.4 Å². The van der Waals surface area contributed by atoms with Crippen molar-refractivity contribution in [1.29, 1.82) is 0 Å². The molecule has 0 unspecified atom stereocenters.